The fraction of sp³-hybridized carbons (Fsp3) is 0.333. The molecule has 0 atom stereocenters. The smallest absolute Gasteiger partial charge is 0.393 e. The zero-order valence-corrected chi connectivity index (χ0v) is 19.2. The van der Waals surface area contributed by atoms with Gasteiger partial charge >= 0.3 is 47.4 Å². The van der Waals surface area contributed by atoms with Crippen LogP contribution in [0.25, 0.3) is 0 Å². The molecule has 0 unspecified atom stereocenters. The molecule has 18 heteroatoms. The molecule has 0 bridgehead atoms. The van der Waals surface area contributed by atoms with E-state index in [-0.39, 0.29) is 0 Å². The van der Waals surface area contributed by atoms with Crippen molar-refractivity contribution in [1.29, 1.82) is 0 Å². The Kier molecular flexibility index (Phi) is 8.04. The number of methoxy groups -OCH3 is 2. The van der Waals surface area contributed by atoms with E-state index < -0.39 is 68.6 Å². The van der Waals surface area contributed by atoms with Gasteiger partial charge in [-0.05, 0) is 22.9 Å². The summed E-state index contributed by atoms with van der Waals surface area (Å²) >= 11 is 0.975. The van der Waals surface area contributed by atoms with Crippen molar-refractivity contribution in [3.8, 4) is 0 Å². The number of rotatable bonds is 9. The number of hydrogen-bond acceptors (Lipinski definition) is 8. The van der Waals surface area contributed by atoms with Gasteiger partial charge in [0.25, 0.3) is 0 Å². The van der Waals surface area contributed by atoms with E-state index in [4.69, 9.17) is 0 Å². The van der Waals surface area contributed by atoms with Crippen LogP contribution in [0.2, 0.25) is 0 Å². The number of carbonyl (C=O) groups excluding carboxylic acids is 4. The zero-order chi connectivity index (χ0) is 27.7. The van der Waals surface area contributed by atoms with Crippen LogP contribution in [0, 0.1) is 0 Å². The van der Waals surface area contributed by atoms with Gasteiger partial charge in [-0.3, -0.25) is 9.59 Å². The molecule has 2 amide bonds. The van der Waals surface area contributed by atoms with Crippen molar-refractivity contribution in [3.63, 3.8) is 0 Å². The molecule has 0 spiro atoms. The van der Waals surface area contributed by atoms with Crippen molar-refractivity contribution in [2.24, 2.45) is 0 Å². The van der Waals surface area contributed by atoms with Crippen molar-refractivity contribution < 1.29 is 63.8 Å². The Morgan fingerprint density at radius 2 is 0.972 bits per heavy atom. The number of thiophene rings is 2. The highest BCUT2D eigenvalue weighted by Gasteiger charge is 2.84. The van der Waals surface area contributed by atoms with Gasteiger partial charge in [0, 0.05) is 0 Å². The molecule has 0 saturated heterocycles. The zero-order valence-electron chi connectivity index (χ0n) is 17.6. The van der Waals surface area contributed by atoms with Crippen LogP contribution in [0.5, 0.6) is 0 Å². The number of carbonyl (C=O) groups is 4. The summed E-state index contributed by atoms with van der Waals surface area (Å²) in [6.45, 7) is 0. The average molecular weight is 568 g/mol. The van der Waals surface area contributed by atoms with Crippen LogP contribution in [0.3, 0.4) is 0 Å². The Balaban J connectivity index is 2.36. The minimum Gasteiger partial charge on any atom is -0.465 e. The van der Waals surface area contributed by atoms with Crippen LogP contribution >= 0.6 is 22.7 Å². The van der Waals surface area contributed by atoms with E-state index in [0.717, 1.165) is 47.7 Å². The van der Waals surface area contributed by atoms with Crippen molar-refractivity contribution >= 4 is 57.8 Å². The van der Waals surface area contributed by atoms with Gasteiger partial charge in [-0.2, -0.15) is 35.1 Å². The van der Waals surface area contributed by atoms with Gasteiger partial charge in [0.15, 0.2) is 0 Å². The normalized spacial score (nSPS) is 12.6. The highest BCUT2D eigenvalue weighted by molar-refractivity contribution is 7.13. The maximum absolute atomic E-state index is 14.2. The van der Waals surface area contributed by atoms with Crippen LogP contribution < -0.4 is 10.6 Å². The number of halogens is 8. The van der Waals surface area contributed by atoms with Crippen molar-refractivity contribution in [3.05, 3.63) is 32.6 Å². The molecule has 2 aromatic heterocycles. The summed E-state index contributed by atoms with van der Waals surface area (Å²) in [6, 6.07) is 1.51. The molecule has 0 aliphatic carbocycles. The first-order valence-corrected chi connectivity index (χ1v) is 10.7. The van der Waals surface area contributed by atoms with Gasteiger partial charge in [-0.25, -0.2) is 9.59 Å². The molecule has 0 aliphatic heterocycles. The second-order valence-electron chi connectivity index (χ2n) is 6.52. The third-order valence-corrected chi connectivity index (χ3v) is 6.11. The molecule has 198 valence electrons. The molecule has 2 aromatic rings. The van der Waals surface area contributed by atoms with E-state index in [1.165, 1.54) is 0 Å². The summed E-state index contributed by atoms with van der Waals surface area (Å²) in [6.07, 6.45) is 0. The lowest BCUT2D eigenvalue weighted by Gasteiger charge is -2.35. The van der Waals surface area contributed by atoms with Crippen LogP contribution in [-0.4, -0.2) is 61.7 Å². The molecule has 0 aromatic carbocycles. The molecule has 0 saturated carbocycles. The maximum atomic E-state index is 14.2. The monoisotopic (exact) mass is 568 g/mol. The number of anilines is 2. The molecule has 0 radical (unpaired) electrons. The Hall–Kier alpha value is -3.28. The van der Waals surface area contributed by atoms with Crippen LogP contribution in [-0.2, 0) is 19.1 Å². The number of alkyl halides is 8. The highest BCUT2D eigenvalue weighted by atomic mass is 32.1. The first kappa shape index (κ1) is 29.0. The molecule has 0 fully saturated rings. The number of ether oxygens (including phenoxy) is 2. The molecule has 0 aliphatic rings. The van der Waals surface area contributed by atoms with Gasteiger partial charge < -0.3 is 20.1 Å². The van der Waals surface area contributed by atoms with Crippen LogP contribution in [0.1, 0.15) is 19.3 Å². The summed E-state index contributed by atoms with van der Waals surface area (Å²) in [5, 5.41) is 4.18. The summed E-state index contributed by atoms with van der Waals surface area (Å²) in [5.74, 6) is -36.2. The standard InChI is InChI=1S/C18H12F8N2O6S2/c1-33-11(29)9-7(3-5-35-9)27-13(31)15(19,20)17(23,24)18(25,26)16(21,22)14(32)28-8-4-6-36-10(8)12(30)34-2/h3-6H,1-2H3,(H,27,31)(H,28,32). The van der Waals surface area contributed by atoms with E-state index in [1.54, 1.807) is 0 Å². The lowest BCUT2D eigenvalue weighted by molar-refractivity contribution is -0.345. The third kappa shape index (κ3) is 4.73. The predicted octanol–water partition coefficient (Wildman–Crippen LogP) is 4.50. The molecule has 2 N–H and O–H groups in total. The van der Waals surface area contributed by atoms with E-state index in [2.05, 4.69) is 9.47 Å². The summed E-state index contributed by atoms with van der Waals surface area (Å²) in [4.78, 5) is 45.4. The minimum absolute atomic E-state index is 0.488. The number of amides is 2. The Morgan fingerprint density at radius 3 is 1.25 bits per heavy atom. The molecular formula is C18H12F8N2O6S2. The van der Waals surface area contributed by atoms with E-state index in [1.807, 2.05) is 0 Å². The van der Waals surface area contributed by atoms with Gasteiger partial charge in [0.05, 0.1) is 25.6 Å². The SMILES string of the molecule is COC(=O)c1sccc1NC(=O)C(F)(F)C(F)(F)C(F)(F)C(F)(F)C(=O)Nc1ccsc1C(=O)OC. The molecule has 36 heavy (non-hydrogen) atoms. The molecule has 8 nitrogen and oxygen atoms in total. The number of nitrogens with one attached hydrogen (secondary N) is 2. The van der Waals surface area contributed by atoms with E-state index in [9.17, 15) is 54.3 Å². The fourth-order valence-electron chi connectivity index (χ4n) is 2.40. The van der Waals surface area contributed by atoms with Crippen LogP contribution in [0.4, 0.5) is 46.5 Å². The maximum Gasteiger partial charge on any atom is 0.393 e. The second-order valence-corrected chi connectivity index (χ2v) is 8.35. The molecule has 2 heterocycles. The van der Waals surface area contributed by atoms with E-state index in [0.29, 0.717) is 22.7 Å². The van der Waals surface area contributed by atoms with Crippen molar-refractivity contribution in [2.75, 3.05) is 24.9 Å². The Labute approximate surface area is 203 Å². The topological polar surface area (TPSA) is 111 Å². The first-order chi connectivity index (χ1) is 16.5. The molecular weight excluding hydrogens is 556 g/mol. The Morgan fingerprint density at radius 1 is 0.667 bits per heavy atom. The molecule has 2 rings (SSSR count). The predicted molar refractivity (Wildman–Crippen MR) is 108 cm³/mol. The quantitative estimate of drug-likeness (QED) is 0.341. The fourth-order valence-corrected chi connectivity index (χ4v) is 3.93. The average Bonchev–Trinajstić information content (AvgIpc) is 3.46. The largest absolute Gasteiger partial charge is 0.465 e. The highest BCUT2D eigenvalue weighted by Crippen LogP contribution is 2.53. The summed E-state index contributed by atoms with van der Waals surface area (Å²) < 4.78 is 122. The van der Waals surface area contributed by atoms with Crippen molar-refractivity contribution in [2.45, 2.75) is 23.7 Å². The third-order valence-electron chi connectivity index (χ3n) is 4.32. The number of esters is 2. The summed E-state index contributed by atoms with van der Waals surface area (Å²) in [5.41, 5.74) is -1.71. The number of hydrogen-bond donors (Lipinski definition) is 2. The lowest BCUT2D eigenvalue weighted by Crippen LogP contribution is -2.67. The van der Waals surface area contributed by atoms with Gasteiger partial charge in [-0.1, -0.05) is 0 Å². The van der Waals surface area contributed by atoms with E-state index >= 15 is 0 Å². The van der Waals surface area contributed by atoms with Crippen molar-refractivity contribution in [1.82, 2.24) is 0 Å². The first-order valence-electron chi connectivity index (χ1n) is 8.93. The van der Waals surface area contributed by atoms with Crippen LogP contribution in [0.15, 0.2) is 22.9 Å². The lowest BCUT2D eigenvalue weighted by atomic mass is 9.97. The van der Waals surface area contributed by atoms with Gasteiger partial charge in [-0.15, -0.1) is 22.7 Å². The second kappa shape index (κ2) is 10.00. The summed E-state index contributed by atoms with van der Waals surface area (Å²) in [7, 11) is 1.68. The van der Waals surface area contributed by atoms with Gasteiger partial charge in [0.1, 0.15) is 9.75 Å². The Bertz CT molecular complexity index is 1090. The van der Waals surface area contributed by atoms with Gasteiger partial charge in [0.2, 0.25) is 0 Å². The minimum atomic E-state index is -7.15.